The molecule has 3 aromatic carbocycles. The molecule has 0 bridgehead atoms. The SMILES string of the molecule is CCOc1cc(/C=C2\SC(=O)N(Cc3cc4c(cc3Cl)OCO4)C2=O)cc(Br)c1OCc1ccc(Cl)c(Cl)c1. The number of carbonyl (C=O) groups is 2. The van der Waals surface area contributed by atoms with Gasteiger partial charge in [-0.2, -0.15) is 0 Å². The van der Waals surface area contributed by atoms with Gasteiger partial charge < -0.3 is 18.9 Å². The van der Waals surface area contributed by atoms with Crippen LogP contribution in [0, 0.1) is 0 Å². The third-order valence-corrected chi connectivity index (χ3v) is 8.33. The summed E-state index contributed by atoms with van der Waals surface area (Å²) >= 11 is 22.9. The minimum absolute atomic E-state index is 0.00681. The summed E-state index contributed by atoms with van der Waals surface area (Å²) in [5, 5.41) is 0.881. The number of benzene rings is 3. The van der Waals surface area contributed by atoms with Crippen molar-refractivity contribution in [3.63, 3.8) is 0 Å². The highest BCUT2D eigenvalue weighted by atomic mass is 79.9. The van der Waals surface area contributed by atoms with E-state index >= 15 is 0 Å². The lowest BCUT2D eigenvalue weighted by Crippen LogP contribution is -2.27. The van der Waals surface area contributed by atoms with Crippen LogP contribution in [0.25, 0.3) is 6.08 Å². The first kappa shape index (κ1) is 28.0. The van der Waals surface area contributed by atoms with Crippen molar-refractivity contribution in [2.75, 3.05) is 13.4 Å². The predicted octanol–water partition coefficient (Wildman–Crippen LogP) is 8.35. The Labute approximate surface area is 252 Å². The molecular formula is C27H19BrCl3NO6S. The number of hydrogen-bond donors (Lipinski definition) is 0. The summed E-state index contributed by atoms with van der Waals surface area (Å²) < 4.78 is 23.2. The number of carbonyl (C=O) groups excluding carboxylic acids is 2. The van der Waals surface area contributed by atoms with Crippen LogP contribution in [-0.4, -0.2) is 29.4 Å². The van der Waals surface area contributed by atoms with E-state index in [1.165, 1.54) is 0 Å². The average Bonchev–Trinajstić information content (AvgIpc) is 3.45. The summed E-state index contributed by atoms with van der Waals surface area (Å²) in [4.78, 5) is 27.3. The molecule has 0 spiro atoms. The second-order valence-electron chi connectivity index (χ2n) is 8.36. The third kappa shape index (κ3) is 6.12. The van der Waals surface area contributed by atoms with Crippen molar-refractivity contribution in [1.82, 2.24) is 4.90 Å². The predicted molar refractivity (Wildman–Crippen MR) is 155 cm³/mol. The van der Waals surface area contributed by atoms with Gasteiger partial charge in [0.2, 0.25) is 6.79 Å². The molecule has 0 N–H and O–H groups in total. The zero-order chi connectivity index (χ0) is 27.7. The number of amides is 2. The van der Waals surface area contributed by atoms with E-state index < -0.39 is 11.1 Å². The summed E-state index contributed by atoms with van der Waals surface area (Å²) in [7, 11) is 0. The molecule has 0 radical (unpaired) electrons. The van der Waals surface area contributed by atoms with E-state index in [9.17, 15) is 9.59 Å². The first-order valence-corrected chi connectivity index (χ1v) is 14.3. The molecule has 0 unspecified atom stereocenters. The Bertz CT molecular complexity index is 1520. The highest BCUT2D eigenvalue weighted by Crippen LogP contribution is 2.41. The van der Waals surface area contributed by atoms with Gasteiger partial charge in [-0.1, -0.05) is 40.9 Å². The molecule has 2 aliphatic heterocycles. The minimum Gasteiger partial charge on any atom is -0.490 e. The van der Waals surface area contributed by atoms with E-state index in [2.05, 4.69) is 15.9 Å². The van der Waals surface area contributed by atoms with Crippen molar-refractivity contribution in [2.45, 2.75) is 20.1 Å². The summed E-state index contributed by atoms with van der Waals surface area (Å²) in [6.07, 6.45) is 1.64. The largest absolute Gasteiger partial charge is 0.490 e. The molecule has 0 atom stereocenters. The Morgan fingerprint density at radius 1 is 1.00 bits per heavy atom. The van der Waals surface area contributed by atoms with Crippen molar-refractivity contribution < 1.29 is 28.5 Å². The highest BCUT2D eigenvalue weighted by molar-refractivity contribution is 9.10. The third-order valence-electron chi connectivity index (χ3n) is 5.74. The molecule has 12 heteroatoms. The lowest BCUT2D eigenvalue weighted by molar-refractivity contribution is -0.123. The quantitative estimate of drug-likeness (QED) is 0.223. The summed E-state index contributed by atoms with van der Waals surface area (Å²) in [5.41, 5.74) is 2.06. The van der Waals surface area contributed by atoms with Crippen LogP contribution < -0.4 is 18.9 Å². The van der Waals surface area contributed by atoms with Crippen molar-refractivity contribution in [1.29, 1.82) is 0 Å². The fourth-order valence-electron chi connectivity index (χ4n) is 3.90. The molecule has 1 fully saturated rings. The second kappa shape index (κ2) is 11.9. The molecule has 2 heterocycles. The van der Waals surface area contributed by atoms with Gasteiger partial charge in [0.05, 0.1) is 32.6 Å². The maximum Gasteiger partial charge on any atom is 0.293 e. The Morgan fingerprint density at radius 2 is 1.77 bits per heavy atom. The van der Waals surface area contributed by atoms with Crippen LogP contribution >= 0.6 is 62.5 Å². The highest BCUT2D eigenvalue weighted by Gasteiger charge is 2.36. The number of imide groups is 1. The van der Waals surface area contributed by atoms with E-state index in [-0.39, 0.29) is 24.8 Å². The standard InChI is InChI=1S/C27H19BrCl3NO6S/c1-2-35-23-7-15(5-17(28)25(23)36-12-14-3-4-18(29)20(31)6-14)8-24-26(33)32(27(34)39-24)11-16-9-21-22(10-19(16)30)38-13-37-21/h3-10H,2,11-13H2,1H3/b24-8-. The first-order valence-electron chi connectivity index (χ1n) is 11.6. The van der Waals surface area contributed by atoms with Crippen molar-refractivity contribution in [3.8, 4) is 23.0 Å². The second-order valence-corrected chi connectivity index (χ2v) is 11.4. The monoisotopic (exact) mass is 669 g/mol. The number of nitrogens with zero attached hydrogens (tertiary/aromatic N) is 1. The smallest absolute Gasteiger partial charge is 0.293 e. The molecule has 0 saturated carbocycles. The van der Waals surface area contributed by atoms with Crippen molar-refractivity contribution in [2.24, 2.45) is 0 Å². The molecule has 39 heavy (non-hydrogen) atoms. The van der Waals surface area contributed by atoms with Gasteiger partial charge in [0.15, 0.2) is 23.0 Å². The molecule has 2 amide bonds. The molecule has 0 aliphatic carbocycles. The maximum atomic E-state index is 13.2. The molecule has 5 rings (SSSR count). The van der Waals surface area contributed by atoms with Gasteiger partial charge in [0.25, 0.3) is 11.1 Å². The maximum absolute atomic E-state index is 13.2. The number of halogens is 4. The molecule has 2 aliphatic rings. The zero-order valence-electron chi connectivity index (χ0n) is 20.3. The number of ether oxygens (including phenoxy) is 4. The summed E-state index contributed by atoms with van der Waals surface area (Å²) in [5.74, 6) is 1.59. The number of thioether (sulfide) groups is 1. The Balaban J connectivity index is 1.36. The van der Waals surface area contributed by atoms with Crippen LogP contribution in [0.4, 0.5) is 4.79 Å². The van der Waals surface area contributed by atoms with Crippen LogP contribution in [0.3, 0.4) is 0 Å². The van der Waals surface area contributed by atoms with Crippen molar-refractivity contribution in [3.05, 3.63) is 83.6 Å². The Hall–Kier alpha value is -2.56. The Morgan fingerprint density at radius 3 is 2.51 bits per heavy atom. The molecule has 1 saturated heterocycles. The van der Waals surface area contributed by atoms with Crippen LogP contribution in [0.1, 0.15) is 23.6 Å². The lowest BCUT2D eigenvalue weighted by Gasteiger charge is -2.15. The van der Waals surface area contributed by atoms with Crippen LogP contribution in [0.15, 0.2) is 51.8 Å². The van der Waals surface area contributed by atoms with E-state index in [1.54, 1.807) is 42.5 Å². The lowest BCUT2D eigenvalue weighted by atomic mass is 10.1. The fourth-order valence-corrected chi connectivity index (χ4v) is 5.84. The van der Waals surface area contributed by atoms with Gasteiger partial charge in [0.1, 0.15) is 6.61 Å². The van der Waals surface area contributed by atoms with E-state index in [0.29, 0.717) is 60.3 Å². The first-order chi connectivity index (χ1) is 18.7. The van der Waals surface area contributed by atoms with E-state index in [1.807, 2.05) is 13.0 Å². The van der Waals surface area contributed by atoms with Crippen LogP contribution in [-0.2, 0) is 17.9 Å². The van der Waals surface area contributed by atoms with Gasteiger partial charge in [0, 0.05) is 11.1 Å². The number of rotatable bonds is 8. The Kier molecular flexibility index (Phi) is 8.54. The van der Waals surface area contributed by atoms with Gasteiger partial charge >= 0.3 is 0 Å². The molecule has 0 aromatic heterocycles. The van der Waals surface area contributed by atoms with Gasteiger partial charge in [-0.25, -0.2) is 0 Å². The summed E-state index contributed by atoms with van der Waals surface area (Å²) in [6.45, 7) is 2.59. The topological polar surface area (TPSA) is 74.3 Å². The van der Waals surface area contributed by atoms with Gasteiger partial charge in [-0.05, 0) is 87.7 Å². The van der Waals surface area contributed by atoms with Gasteiger partial charge in [-0.3, -0.25) is 14.5 Å². The van der Waals surface area contributed by atoms with Gasteiger partial charge in [-0.15, -0.1) is 0 Å². The molecule has 202 valence electrons. The molecular weight excluding hydrogens is 653 g/mol. The molecule has 3 aromatic rings. The summed E-state index contributed by atoms with van der Waals surface area (Å²) in [6, 6.07) is 12.1. The minimum atomic E-state index is -0.423. The number of fused-ring (bicyclic) bond motifs is 1. The normalized spacial score (nSPS) is 15.4. The van der Waals surface area contributed by atoms with Crippen LogP contribution in [0.5, 0.6) is 23.0 Å². The average molecular weight is 672 g/mol. The van der Waals surface area contributed by atoms with E-state index in [4.69, 9.17) is 53.8 Å². The number of hydrogen-bond acceptors (Lipinski definition) is 7. The van der Waals surface area contributed by atoms with E-state index in [0.717, 1.165) is 22.2 Å². The fraction of sp³-hybridized carbons (Fsp3) is 0.185. The van der Waals surface area contributed by atoms with Crippen LogP contribution in [0.2, 0.25) is 15.1 Å². The molecule has 7 nitrogen and oxygen atoms in total. The van der Waals surface area contributed by atoms with Crippen molar-refractivity contribution >= 4 is 79.7 Å². The zero-order valence-corrected chi connectivity index (χ0v) is 24.9.